The van der Waals surface area contributed by atoms with Crippen molar-refractivity contribution < 1.29 is 9.47 Å². The van der Waals surface area contributed by atoms with Crippen LogP contribution in [-0.2, 0) is 4.74 Å². The quantitative estimate of drug-likeness (QED) is 0.766. The first-order chi connectivity index (χ1) is 12.3. The summed E-state index contributed by atoms with van der Waals surface area (Å²) in [5.74, 6) is 2.33. The summed E-state index contributed by atoms with van der Waals surface area (Å²) in [6.07, 6.45) is 2.49. The highest BCUT2D eigenvalue weighted by Crippen LogP contribution is 2.27. The monoisotopic (exact) mass is 335 g/mol. The molecule has 2 aromatic carbocycles. The van der Waals surface area contributed by atoms with E-state index in [2.05, 4.69) is 5.32 Å². The molecule has 2 heterocycles. The molecule has 1 unspecified atom stereocenters. The molecule has 1 aliphatic heterocycles. The van der Waals surface area contributed by atoms with Crippen molar-refractivity contribution in [2.45, 2.75) is 18.9 Å². The van der Waals surface area contributed by atoms with Crippen molar-refractivity contribution in [3.63, 3.8) is 0 Å². The Bertz CT molecular complexity index is 876. The zero-order valence-corrected chi connectivity index (χ0v) is 14.2. The Hall–Kier alpha value is -2.66. The van der Waals surface area contributed by atoms with Crippen LogP contribution in [0.1, 0.15) is 12.8 Å². The molecule has 5 heteroatoms. The lowest BCUT2D eigenvalue weighted by atomic mass is 10.1. The second kappa shape index (κ2) is 7.07. The minimum absolute atomic E-state index is 0.258. The van der Waals surface area contributed by atoms with Gasteiger partial charge < -0.3 is 14.8 Å². The molecule has 0 saturated carbocycles. The van der Waals surface area contributed by atoms with Crippen LogP contribution < -0.4 is 10.1 Å². The fourth-order valence-electron chi connectivity index (χ4n) is 3.12. The third kappa shape index (κ3) is 3.42. The van der Waals surface area contributed by atoms with E-state index in [1.54, 1.807) is 7.11 Å². The smallest absolute Gasteiger partial charge is 0.162 e. The minimum atomic E-state index is 0.258. The van der Waals surface area contributed by atoms with Gasteiger partial charge in [0.15, 0.2) is 5.82 Å². The molecule has 0 amide bonds. The van der Waals surface area contributed by atoms with E-state index in [0.717, 1.165) is 54.0 Å². The van der Waals surface area contributed by atoms with Crippen LogP contribution in [0.3, 0.4) is 0 Å². The van der Waals surface area contributed by atoms with Gasteiger partial charge in [-0.15, -0.1) is 0 Å². The van der Waals surface area contributed by atoms with Crippen LogP contribution in [-0.4, -0.2) is 36.3 Å². The Kier molecular flexibility index (Phi) is 4.48. The van der Waals surface area contributed by atoms with Crippen molar-refractivity contribution in [3.8, 4) is 17.1 Å². The zero-order valence-electron chi connectivity index (χ0n) is 14.2. The van der Waals surface area contributed by atoms with Crippen molar-refractivity contribution in [1.82, 2.24) is 9.97 Å². The van der Waals surface area contributed by atoms with Gasteiger partial charge in [-0.25, -0.2) is 9.97 Å². The topological polar surface area (TPSA) is 56.3 Å². The first-order valence-electron chi connectivity index (χ1n) is 8.60. The third-order valence-corrected chi connectivity index (χ3v) is 4.45. The predicted molar refractivity (Wildman–Crippen MR) is 99.0 cm³/mol. The summed E-state index contributed by atoms with van der Waals surface area (Å²) in [6.45, 7) is 1.62. The number of benzene rings is 2. The van der Waals surface area contributed by atoms with Crippen molar-refractivity contribution in [1.29, 1.82) is 0 Å². The average molecular weight is 335 g/mol. The number of methoxy groups -OCH3 is 1. The lowest BCUT2D eigenvalue weighted by molar-refractivity contribution is 0.120. The zero-order chi connectivity index (χ0) is 17.1. The normalized spacial score (nSPS) is 16.9. The molecule has 1 aliphatic rings. The molecule has 3 aromatic rings. The molecule has 5 nitrogen and oxygen atoms in total. The second-order valence-electron chi connectivity index (χ2n) is 6.16. The number of aromatic nitrogens is 2. The first kappa shape index (κ1) is 15.8. The van der Waals surface area contributed by atoms with Gasteiger partial charge in [0.2, 0.25) is 0 Å². The largest absolute Gasteiger partial charge is 0.497 e. The summed E-state index contributed by atoms with van der Waals surface area (Å²) < 4.78 is 11.0. The predicted octanol–water partition coefficient (Wildman–Crippen LogP) is 3.90. The van der Waals surface area contributed by atoms with Crippen LogP contribution >= 0.6 is 0 Å². The van der Waals surface area contributed by atoms with Crippen LogP contribution in [0.2, 0.25) is 0 Å². The van der Waals surface area contributed by atoms with Gasteiger partial charge in [-0.2, -0.15) is 0 Å². The van der Waals surface area contributed by atoms with Gasteiger partial charge in [0.05, 0.1) is 18.7 Å². The molecule has 1 aromatic heterocycles. The number of nitrogens with zero attached hydrogens (tertiary/aromatic N) is 2. The fourth-order valence-corrected chi connectivity index (χ4v) is 3.12. The molecule has 1 fully saturated rings. The molecule has 4 rings (SSSR count). The Morgan fingerprint density at radius 2 is 2.08 bits per heavy atom. The molecule has 25 heavy (non-hydrogen) atoms. The standard InChI is InChI=1S/C20H21N3O2/c1-24-15-7-4-6-14(12-15)19-22-18-10-3-2-9-17(18)20(23-19)21-13-16-8-5-11-25-16/h2-4,6-7,9-10,12,16H,5,8,11,13H2,1H3,(H,21,22,23). The maximum Gasteiger partial charge on any atom is 0.162 e. The highest BCUT2D eigenvalue weighted by molar-refractivity contribution is 5.90. The molecular formula is C20H21N3O2. The summed E-state index contributed by atoms with van der Waals surface area (Å²) in [6, 6.07) is 15.9. The second-order valence-corrected chi connectivity index (χ2v) is 6.16. The Labute approximate surface area is 147 Å². The number of fused-ring (bicyclic) bond motifs is 1. The van der Waals surface area contributed by atoms with Crippen molar-refractivity contribution in [3.05, 3.63) is 48.5 Å². The highest BCUT2D eigenvalue weighted by atomic mass is 16.5. The van der Waals surface area contributed by atoms with Gasteiger partial charge in [-0.1, -0.05) is 24.3 Å². The number of hydrogen-bond donors (Lipinski definition) is 1. The first-order valence-corrected chi connectivity index (χ1v) is 8.60. The number of hydrogen-bond acceptors (Lipinski definition) is 5. The number of rotatable bonds is 5. The summed E-state index contributed by atoms with van der Waals surface area (Å²) in [5.41, 5.74) is 1.86. The maximum atomic E-state index is 5.71. The van der Waals surface area contributed by atoms with Crippen molar-refractivity contribution >= 4 is 16.7 Å². The third-order valence-electron chi connectivity index (χ3n) is 4.45. The van der Waals surface area contributed by atoms with E-state index in [9.17, 15) is 0 Å². The lowest BCUT2D eigenvalue weighted by Crippen LogP contribution is -2.19. The summed E-state index contributed by atoms with van der Waals surface area (Å²) in [4.78, 5) is 9.50. The van der Waals surface area contributed by atoms with E-state index in [1.165, 1.54) is 0 Å². The number of para-hydroxylation sites is 1. The van der Waals surface area contributed by atoms with Gasteiger partial charge in [0.1, 0.15) is 11.6 Å². The molecule has 0 radical (unpaired) electrons. The van der Waals surface area contributed by atoms with E-state index in [1.807, 2.05) is 48.5 Å². The molecular weight excluding hydrogens is 314 g/mol. The van der Waals surface area contributed by atoms with Crippen molar-refractivity contribution in [2.75, 3.05) is 25.6 Å². The van der Waals surface area contributed by atoms with E-state index in [0.29, 0.717) is 5.82 Å². The van der Waals surface area contributed by atoms with Gasteiger partial charge in [0, 0.05) is 24.1 Å². The van der Waals surface area contributed by atoms with E-state index in [-0.39, 0.29) is 6.10 Å². The van der Waals surface area contributed by atoms with Crippen LogP contribution in [0, 0.1) is 0 Å². The van der Waals surface area contributed by atoms with Crippen LogP contribution in [0.15, 0.2) is 48.5 Å². The van der Waals surface area contributed by atoms with Gasteiger partial charge >= 0.3 is 0 Å². The van der Waals surface area contributed by atoms with Crippen LogP contribution in [0.5, 0.6) is 5.75 Å². The Morgan fingerprint density at radius 3 is 2.92 bits per heavy atom. The minimum Gasteiger partial charge on any atom is -0.497 e. The summed E-state index contributed by atoms with van der Waals surface area (Å²) in [5, 5.41) is 4.48. The molecule has 128 valence electrons. The van der Waals surface area contributed by atoms with Crippen LogP contribution in [0.25, 0.3) is 22.3 Å². The summed E-state index contributed by atoms with van der Waals surface area (Å²) >= 11 is 0. The lowest BCUT2D eigenvalue weighted by Gasteiger charge is -2.14. The summed E-state index contributed by atoms with van der Waals surface area (Å²) in [7, 11) is 1.66. The number of anilines is 1. The van der Waals surface area contributed by atoms with Crippen molar-refractivity contribution in [2.24, 2.45) is 0 Å². The van der Waals surface area contributed by atoms with Crippen LogP contribution in [0.4, 0.5) is 5.82 Å². The van der Waals surface area contributed by atoms with E-state index in [4.69, 9.17) is 19.4 Å². The highest BCUT2D eigenvalue weighted by Gasteiger charge is 2.16. The number of ether oxygens (including phenoxy) is 2. The fraction of sp³-hybridized carbons (Fsp3) is 0.300. The Morgan fingerprint density at radius 1 is 1.16 bits per heavy atom. The average Bonchev–Trinajstić information content (AvgIpc) is 3.19. The number of nitrogens with one attached hydrogen (secondary N) is 1. The molecule has 0 spiro atoms. The Balaban J connectivity index is 1.72. The molecule has 0 bridgehead atoms. The van der Waals surface area contributed by atoms with Gasteiger partial charge in [0.25, 0.3) is 0 Å². The van der Waals surface area contributed by atoms with E-state index < -0.39 is 0 Å². The SMILES string of the molecule is COc1cccc(-c2nc(NCC3CCCO3)c3ccccc3n2)c1. The molecule has 0 aliphatic carbocycles. The molecule has 1 atom stereocenters. The van der Waals surface area contributed by atoms with Gasteiger partial charge in [-0.3, -0.25) is 0 Å². The van der Waals surface area contributed by atoms with E-state index >= 15 is 0 Å². The molecule has 1 saturated heterocycles. The molecule has 1 N–H and O–H groups in total. The maximum absolute atomic E-state index is 5.71. The van der Waals surface area contributed by atoms with Gasteiger partial charge in [-0.05, 0) is 37.1 Å².